The highest BCUT2D eigenvalue weighted by molar-refractivity contribution is 7.89. The SMILES string of the molecule is COC(=O)C(CO)NS(=O)(=O)c1ccccc1. The van der Waals surface area contributed by atoms with Gasteiger partial charge in [-0.2, -0.15) is 4.72 Å². The number of sulfonamides is 1. The summed E-state index contributed by atoms with van der Waals surface area (Å²) < 4.78 is 30.0. The van der Waals surface area contributed by atoms with E-state index in [-0.39, 0.29) is 4.90 Å². The molecule has 0 spiro atoms. The first-order chi connectivity index (χ1) is 8.01. The first-order valence-electron chi connectivity index (χ1n) is 4.77. The second-order valence-electron chi connectivity index (χ2n) is 3.19. The van der Waals surface area contributed by atoms with Crippen molar-refractivity contribution in [1.29, 1.82) is 0 Å². The summed E-state index contributed by atoms with van der Waals surface area (Å²) in [4.78, 5) is 11.2. The van der Waals surface area contributed by atoms with Crippen LogP contribution in [-0.4, -0.2) is 39.3 Å². The molecule has 0 bridgehead atoms. The highest BCUT2D eigenvalue weighted by Crippen LogP contribution is 2.08. The molecule has 0 heterocycles. The van der Waals surface area contributed by atoms with Gasteiger partial charge in [-0.1, -0.05) is 18.2 Å². The molecule has 1 unspecified atom stereocenters. The number of carbonyl (C=O) groups excluding carboxylic acids is 1. The summed E-state index contributed by atoms with van der Waals surface area (Å²) in [6.07, 6.45) is 0. The fraction of sp³-hybridized carbons (Fsp3) is 0.300. The number of nitrogens with one attached hydrogen (secondary N) is 1. The van der Waals surface area contributed by atoms with Gasteiger partial charge in [-0.3, -0.25) is 4.79 Å². The topological polar surface area (TPSA) is 92.7 Å². The van der Waals surface area contributed by atoms with Crippen molar-refractivity contribution in [3.63, 3.8) is 0 Å². The standard InChI is InChI=1S/C10H13NO5S/c1-16-10(13)9(7-12)11-17(14,15)8-5-3-2-4-6-8/h2-6,9,11-12H,7H2,1H3. The molecular weight excluding hydrogens is 246 g/mol. The Morgan fingerprint density at radius 2 is 2.00 bits per heavy atom. The normalized spacial score (nSPS) is 13.1. The van der Waals surface area contributed by atoms with Crippen LogP contribution < -0.4 is 4.72 Å². The van der Waals surface area contributed by atoms with E-state index in [0.717, 1.165) is 7.11 Å². The molecule has 0 aliphatic rings. The van der Waals surface area contributed by atoms with Crippen LogP contribution in [0.4, 0.5) is 0 Å². The number of aliphatic hydroxyl groups excluding tert-OH is 1. The van der Waals surface area contributed by atoms with Crippen LogP contribution in [0.25, 0.3) is 0 Å². The van der Waals surface area contributed by atoms with Crippen LogP contribution in [0.3, 0.4) is 0 Å². The molecule has 6 nitrogen and oxygen atoms in total. The molecule has 0 saturated heterocycles. The van der Waals surface area contributed by atoms with E-state index < -0.39 is 28.6 Å². The van der Waals surface area contributed by atoms with Gasteiger partial charge in [-0.25, -0.2) is 8.42 Å². The molecule has 1 aromatic rings. The highest BCUT2D eigenvalue weighted by Gasteiger charge is 2.25. The molecule has 7 heteroatoms. The number of esters is 1. The van der Waals surface area contributed by atoms with Crippen molar-refractivity contribution in [2.75, 3.05) is 13.7 Å². The molecule has 1 aromatic carbocycles. The fourth-order valence-electron chi connectivity index (χ4n) is 1.16. The summed E-state index contributed by atoms with van der Waals surface area (Å²) in [6, 6.07) is 6.25. The molecule has 94 valence electrons. The van der Waals surface area contributed by atoms with E-state index in [9.17, 15) is 13.2 Å². The van der Waals surface area contributed by atoms with Crippen molar-refractivity contribution >= 4 is 16.0 Å². The highest BCUT2D eigenvalue weighted by atomic mass is 32.2. The summed E-state index contributed by atoms with van der Waals surface area (Å²) in [5.74, 6) is -0.841. The molecule has 0 aliphatic heterocycles. The van der Waals surface area contributed by atoms with Crippen LogP contribution in [0.5, 0.6) is 0 Å². The van der Waals surface area contributed by atoms with Crippen LogP contribution >= 0.6 is 0 Å². The Morgan fingerprint density at radius 1 is 1.41 bits per heavy atom. The number of ether oxygens (including phenoxy) is 1. The zero-order valence-electron chi connectivity index (χ0n) is 9.16. The number of aliphatic hydroxyl groups is 1. The van der Waals surface area contributed by atoms with Gasteiger partial charge in [0.2, 0.25) is 10.0 Å². The quantitative estimate of drug-likeness (QED) is 0.695. The van der Waals surface area contributed by atoms with Gasteiger partial charge in [0, 0.05) is 0 Å². The van der Waals surface area contributed by atoms with Crippen LogP contribution in [0.2, 0.25) is 0 Å². The second-order valence-corrected chi connectivity index (χ2v) is 4.91. The predicted octanol–water partition coefficient (Wildman–Crippen LogP) is -0.501. The largest absolute Gasteiger partial charge is 0.468 e. The molecule has 0 radical (unpaired) electrons. The molecule has 1 atom stereocenters. The van der Waals surface area contributed by atoms with Crippen LogP contribution in [0.15, 0.2) is 35.2 Å². The summed E-state index contributed by atoms with van der Waals surface area (Å²) in [6.45, 7) is -0.668. The number of carbonyl (C=O) groups is 1. The lowest BCUT2D eigenvalue weighted by Gasteiger charge is -2.13. The number of rotatable bonds is 5. The Morgan fingerprint density at radius 3 is 2.47 bits per heavy atom. The van der Waals surface area contributed by atoms with E-state index in [1.165, 1.54) is 12.1 Å². The van der Waals surface area contributed by atoms with E-state index in [4.69, 9.17) is 5.11 Å². The summed E-state index contributed by atoms with van der Waals surface area (Å²) >= 11 is 0. The van der Waals surface area contributed by atoms with E-state index in [0.29, 0.717) is 0 Å². The smallest absolute Gasteiger partial charge is 0.326 e. The van der Waals surface area contributed by atoms with Crippen LogP contribution in [0.1, 0.15) is 0 Å². The lowest BCUT2D eigenvalue weighted by Crippen LogP contribution is -2.43. The third-order valence-electron chi connectivity index (χ3n) is 2.02. The average molecular weight is 259 g/mol. The molecule has 0 amide bonds. The maximum atomic E-state index is 11.8. The first kappa shape index (κ1) is 13.6. The maximum Gasteiger partial charge on any atom is 0.326 e. The van der Waals surface area contributed by atoms with Gasteiger partial charge >= 0.3 is 5.97 Å². The molecule has 17 heavy (non-hydrogen) atoms. The zero-order chi connectivity index (χ0) is 12.9. The van der Waals surface area contributed by atoms with E-state index >= 15 is 0 Å². The van der Waals surface area contributed by atoms with Gasteiger partial charge in [0.15, 0.2) is 0 Å². The van der Waals surface area contributed by atoms with Crippen molar-refractivity contribution in [2.24, 2.45) is 0 Å². The van der Waals surface area contributed by atoms with Crippen molar-refractivity contribution in [1.82, 2.24) is 4.72 Å². The van der Waals surface area contributed by atoms with E-state index in [1.54, 1.807) is 18.2 Å². The minimum atomic E-state index is -3.84. The van der Waals surface area contributed by atoms with Gasteiger partial charge in [-0.15, -0.1) is 0 Å². The fourth-order valence-corrected chi connectivity index (χ4v) is 2.35. The molecule has 1 rings (SSSR count). The summed E-state index contributed by atoms with van der Waals surface area (Å²) in [5, 5.41) is 8.91. The Hall–Kier alpha value is -1.44. The maximum absolute atomic E-state index is 11.8. The Labute approximate surface area is 99.3 Å². The van der Waals surface area contributed by atoms with Crippen molar-refractivity contribution in [3.05, 3.63) is 30.3 Å². The number of hydrogen-bond acceptors (Lipinski definition) is 5. The molecule has 0 aliphatic carbocycles. The van der Waals surface area contributed by atoms with Gasteiger partial charge in [0.25, 0.3) is 0 Å². The molecular formula is C10H13NO5S. The minimum absolute atomic E-state index is 0.0161. The third-order valence-corrected chi connectivity index (χ3v) is 3.51. The Kier molecular flexibility index (Phi) is 4.62. The summed E-state index contributed by atoms with van der Waals surface area (Å²) in [7, 11) is -2.72. The second kappa shape index (κ2) is 5.76. The lowest BCUT2D eigenvalue weighted by molar-refractivity contribution is -0.143. The van der Waals surface area contributed by atoms with Gasteiger partial charge in [0.05, 0.1) is 18.6 Å². The lowest BCUT2D eigenvalue weighted by atomic mass is 10.3. The van der Waals surface area contributed by atoms with Gasteiger partial charge in [0.1, 0.15) is 6.04 Å². The van der Waals surface area contributed by atoms with Gasteiger partial charge < -0.3 is 9.84 Å². The molecule has 0 saturated carbocycles. The average Bonchev–Trinajstić information content (AvgIpc) is 2.36. The molecule has 2 N–H and O–H groups in total. The van der Waals surface area contributed by atoms with Gasteiger partial charge in [-0.05, 0) is 12.1 Å². The van der Waals surface area contributed by atoms with Crippen LogP contribution in [0, 0.1) is 0 Å². The summed E-state index contributed by atoms with van der Waals surface area (Å²) in [5.41, 5.74) is 0. The van der Waals surface area contributed by atoms with Crippen molar-refractivity contribution in [3.8, 4) is 0 Å². The monoisotopic (exact) mass is 259 g/mol. The van der Waals surface area contributed by atoms with Crippen LogP contribution in [-0.2, 0) is 19.6 Å². The zero-order valence-corrected chi connectivity index (χ0v) is 9.98. The number of hydrogen-bond donors (Lipinski definition) is 2. The predicted molar refractivity (Wildman–Crippen MR) is 59.7 cm³/mol. The Bertz CT molecular complexity index is 471. The number of benzene rings is 1. The van der Waals surface area contributed by atoms with E-state index in [2.05, 4.69) is 9.46 Å². The van der Waals surface area contributed by atoms with E-state index in [1.807, 2.05) is 0 Å². The minimum Gasteiger partial charge on any atom is -0.468 e. The van der Waals surface area contributed by atoms with Crippen molar-refractivity contribution in [2.45, 2.75) is 10.9 Å². The van der Waals surface area contributed by atoms with Crippen molar-refractivity contribution < 1.29 is 23.1 Å². The molecule has 0 aromatic heterocycles. The Balaban J connectivity index is 2.90. The first-order valence-corrected chi connectivity index (χ1v) is 6.25. The number of methoxy groups -OCH3 is 1. The molecule has 0 fully saturated rings. The third kappa shape index (κ3) is 3.52.